The summed E-state index contributed by atoms with van der Waals surface area (Å²) in [6.07, 6.45) is -0.192. The molecule has 1 aliphatic heterocycles. The maximum Gasteiger partial charge on any atom is 0.416 e. The summed E-state index contributed by atoms with van der Waals surface area (Å²) in [4.78, 5) is 42.1. The summed E-state index contributed by atoms with van der Waals surface area (Å²) in [5.41, 5.74) is 3.05. The van der Waals surface area contributed by atoms with Gasteiger partial charge in [0.25, 0.3) is 5.91 Å². The molecule has 2 aliphatic rings. The van der Waals surface area contributed by atoms with Crippen LogP contribution in [0, 0.1) is 11.8 Å². The molecule has 4 aromatic carbocycles. The molecule has 0 bridgehead atoms. The standard InChI is InChI=1S/C41H41F3N2O5/c1-50-40(49)37(30-11-5-6-12-30)51-39(48)36(28-9-3-2-4-10-28)29-23-25-46(26-24-29)33-21-19-32(20-22-33)45-38(47)35-14-8-7-13-34(35)27-15-17-31(18-16-27)41(42,43)44/h2-4,7-10,13-22,29-30,36-37H,5-6,11-12,23-26H2,1H3,(H,45,47). The number of hydrogen-bond donors (Lipinski definition) is 1. The second kappa shape index (κ2) is 15.8. The van der Waals surface area contributed by atoms with Crippen molar-refractivity contribution in [2.24, 2.45) is 11.8 Å². The van der Waals surface area contributed by atoms with E-state index >= 15 is 0 Å². The summed E-state index contributed by atoms with van der Waals surface area (Å²) in [6, 6.07) is 28.7. The number of carbonyl (C=O) groups is 3. The zero-order valence-corrected chi connectivity index (χ0v) is 28.4. The van der Waals surface area contributed by atoms with Gasteiger partial charge in [0.15, 0.2) is 0 Å². The van der Waals surface area contributed by atoms with Crippen LogP contribution in [0.25, 0.3) is 11.1 Å². The van der Waals surface area contributed by atoms with Gasteiger partial charge in [-0.15, -0.1) is 0 Å². The van der Waals surface area contributed by atoms with Crippen molar-refractivity contribution in [1.82, 2.24) is 0 Å². The topological polar surface area (TPSA) is 84.9 Å². The van der Waals surface area contributed by atoms with Crippen LogP contribution in [0.3, 0.4) is 0 Å². The van der Waals surface area contributed by atoms with Crippen molar-refractivity contribution >= 4 is 29.2 Å². The minimum Gasteiger partial charge on any atom is -0.466 e. The molecule has 0 spiro atoms. The first kappa shape index (κ1) is 35.7. The zero-order chi connectivity index (χ0) is 36.0. The highest BCUT2D eigenvalue weighted by molar-refractivity contribution is 6.08. The number of amides is 1. The number of ether oxygens (including phenoxy) is 2. The number of methoxy groups -OCH3 is 1. The summed E-state index contributed by atoms with van der Waals surface area (Å²) in [7, 11) is 1.33. The molecule has 2 unspecified atom stereocenters. The van der Waals surface area contributed by atoms with Crippen LogP contribution in [-0.4, -0.2) is 44.1 Å². The van der Waals surface area contributed by atoms with Gasteiger partial charge in [-0.2, -0.15) is 13.2 Å². The number of nitrogens with one attached hydrogen (secondary N) is 1. The molecule has 1 amide bonds. The van der Waals surface area contributed by atoms with Crippen molar-refractivity contribution in [1.29, 1.82) is 0 Å². The Morgan fingerprint density at radius 1 is 0.745 bits per heavy atom. The fraction of sp³-hybridized carbons (Fsp3) is 0.341. The Morgan fingerprint density at radius 3 is 2.00 bits per heavy atom. The summed E-state index contributed by atoms with van der Waals surface area (Å²) in [5.74, 6) is -1.78. The summed E-state index contributed by atoms with van der Waals surface area (Å²) < 4.78 is 50.3. The van der Waals surface area contributed by atoms with Crippen molar-refractivity contribution in [2.45, 2.75) is 56.7 Å². The minimum atomic E-state index is -4.44. The first-order valence-corrected chi connectivity index (χ1v) is 17.4. The molecule has 0 aromatic heterocycles. The monoisotopic (exact) mass is 698 g/mol. The average molecular weight is 699 g/mol. The van der Waals surface area contributed by atoms with Gasteiger partial charge in [0.1, 0.15) is 0 Å². The number of esters is 2. The van der Waals surface area contributed by atoms with Gasteiger partial charge in [-0.25, -0.2) is 4.79 Å². The molecule has 1 saturated heterocycles. The summed E-state index contributed by atoms with van der Waals surface area (Å²) >= 11 is 0. The van der Waals surface area contributed by atoms with Gasteiger partial charge < -0.3 is 19.7 Å². The van der Waals surface area contributed by atoms with Crippen molar-refractivity contribution in [3.05, 3.63) is 120 Å². The van der Waals surface area contributed by atoms with Crippen molar-refractivity contribution < 1.29 is 37.0 Å². The minimum absolute atomic E-state index is 0.0151. The Kier molecular flexibility index (Phi) is 11.1. The van der Waals surface area contributed by atoms with Crippen LogP contribution < -0.4 is 10.2 Å². The van der Waals surface area contributed by atoms with E-state index in [1.54, 1.807) is 24.3 Å². The third kappa shape index (κ3) is 8.44. The van der Waals surface area contributed by atoms with Gasteiger partial charge in [0.2, 0.25) is 6.10 Å². The third-order valence-electron chi connectivity index (χ3n) is 10.1. The fourth-order valence-corrected chi connectivity index (χ4v) is 7.39. The number of hydrogen-bond acceptors (Lipinski definition) is 6. The highest BCUT2D eigenvalue weighted by atomic mass is 19.4. The van der Waals surface area contributed by atoms with Gasteiger partial charge in [-0.05, 0) is 90.8 Å². The normalized spacial score (nSPS) is 16.7. The SMILES string of the molecule is COC(=O)C(OC(=O)C(c1ccccc1)C1CCN(c2ccc(NC(=O)c3ccccc3-c3ccc(C(F)(F)F)cc3)cc2)CC1)C1CCCC1. The smallest absolute Gasteiger partial charge is 0.416 e. The number of carbonyl (C=O) groups excluding carboxylic acids is 3. The lowest BCUT2D eigenvalue weighted by Crippen LogP contribution is -2.40. The van der Waals surface area contributed by atoms with E-state index in [9.17, 15) is 27.6 Å². The van der Waals surface area contributed by atoms with Crippen LogP contribution in [0.4, 0.5) is 24.5 Å². The van der Waals surface area contributed by atoms with Gasteiger partial charge in [0.05, 0.1) is 18.6 Å². The Labute approximate surface area is 295 Å². The first-order valence-electron chi connectivity index (χ1n) is 17.4. The quantitative estimate of drug-likeness (QED) is 0.167. The molecule has 7 nitrogen and oxygen atoms in total. The molecular weight excluding hydrogens is 657 g/mol. The predicted molar refractivity (Wildman–Crippen MR) is 189 cm³/mol. The molecule has 266 valence electrons. The second-order valence-corrected chi connectivity index (χ2v) is 13.3. The molecule has 2 atom stereocenters. The number of rotatable bonds is 10. The van der Waals surface area contributed by atoms with Gasteiger partial charge in [-0.1, -0.05) is 73.5 Å². The van der Waals surface area contributed by atoms with E-state index in [1.165, 1.54) is 19.2 Å². The van der Waals surface area contributed by atoms with Crippen LogP contribution in [0.2, 0.25) is 0 Å². The van der Waals surface area contributed by atoms with Gasteiger partial charge >= 0.3 is 18.1 Å². The molecule has 1 N–H and O–H groups in total. The Balaban J connectivity index is 1.10. The van der Waals surface area contributed by atoms with Crippen LogP contribution in [-0.2, 0) is 25.2 Å². The molecule has 4 aromatic rings. The highest BCUT2D eigenvalue weighted by Crippen LogP contribution is 2.38. The lowest BCUT2D eigenvalue weighted by molar-refractivity contribution is -0.172. The molecule has 51 heavy (non-hydrogen) atoms. The Bertz CT molecular complexity index is 1800. The largest absolute Gasteiger partial charge is 0.466 e. The van der Waals surface area contributed by atoms with E-state index in [4.69, 9.17) is 9.47 Å². The van der Waals surface area contributed by atoms with Gasteiger partial charge in [-0.3, -0.25) is 9.59 Å². The average Bonchev–Trinajstić information content (AvgIpc) is 3.69. The first-order chi connectivity index (χ1) is 24.6. The van der Waals surface area contributed by atoms with Crippen LogP contribution in [0.5, 0.6) is 0 Å². The Hall–Kier alpha value is -5.12. The van der Waals surface area contributed by atoms with Gasteiger partial charge in [0, 0.05) is 35.9 Å². The van der Waals surface area contributed by atoms with E-state index < -0.39 is 29.7 Å². The molecule has 1 saturated carbocycles. The summed E-state index contributed by atoms with van der Waals surface area (Å²) in [6.45, 7) is 1.41. The van der Waals surface area contributed by atoms with Crippen LogP contribution in [0.1, 0.15) is 65.9 Å². The van der Waals surface area contributed by atoms with Crippen molar-refractivity contribution in [2.75, 3.05) is 30.4 Å². The third-order valence-corrected chi connectivity index (χ3v) is 10.1. The van der Waals surface area contributed by atoms with Crippen molar-refractivity contribution in [3.63, 3.8) is 0 Å². The fourth-order valence-electron chi connectivity index (χ4n) is 7.39. The van der Waals surface area contributed by atoms with E-state index in [-0.39, 0.29) is 23.7 Å². The molecule has 2 fully saturated rings. The lowest BCUT2D eigenvalue weighted by Gasteiger charge is -2.37. The number of benzene rings is 4. The van der Waals surface area contributed by atoms with Crippen LogP contribution >= 0.6 is 0 Å². The zero-order valence-electron chi connectivity index (χ0n) is 28.4. The van der Waals surface area contributed by atoms with Crippen LogP contribution in [0.15, 0.2) is 103 Å². The Morgan fingerprint density at radius 2 is 1.37 bits per heavy atom. The lowest BCUT2D eigenvalue weighted by atomic mass is 9.80. The maximum atomic E-state index is 13.8. The molecular formula is C41H41F3N2O5. The molecule has 1 heterocycles. The van der Waals surface area contributed by atoms with Crippen molar-refractivity contribution in [3.8, 4) is 11.1 Å². The number of nitrogens with zero attached hydrogens (tertiary/aromatic N) is 1. The van der Waals surface area contributed by atoms with E-state index in [0.717, 1.165) is 61.9 Å². The highest BCUT2D eigenvalue weighted by Gasteiger charge is 2.40. The maximum absolute atomic E-state index is 13.8. The molecule has 0 radical (unpaired) electrons. The van der Waals surface area contributed by atoms with E-state index in [1.807, 2.05) is 54.6 Å². The number of piperidine rings is 1. The number of alkyl halides is 3. The number of anilines is 2. The number of halogens is 3. The molecule has 6 rings (SSSR count). The predicted octanol–water partition coefficient (Wildman–Crippen LogP) is 8.90. The van der Waals surface area contributed by atoms with E-state index in [0.29, 0.717) is 35.5 Å². The molecule has 10 heteroatoms. The van der Waals surface area contributed by atoms with E-state index in [2.05, 4.69) is 10.2 Å². The second-order valence-electron chi connectivity index (χ2n) is 13.3. The molecule has 1 aliphatic carbocycles. The summed E-state index contributed by atoms with van der Waals surface area (Å²) in [5, 5.41) is 2.91.